The van der Waals surface area contributed by atoms with Gasteiger partial charge < -0.3 is 15.0 Å². The van der Waals surface area contributed by atoms with Crippen LogP contribution in [-0.2, 0) is 6.61 Å². The van der Waals surface area contributed by atoms with Crippen molar-refractivity contribution < 1.29 is 9.26 Å². The number of para-hydroxylation sites is 1. The Hall–Kier alpha value is -1.53. The summed E-state index contributed by atoms with van der Waals surface area (Å²) in [4.78, 5) is 4.36. The number of ether oxygens (including phenoxy) is 1. The first kappa shape index (κ1) is 12.5. The van der Waals surface area contributed by atoms with Crippen molar-refractivity contribution in [3.8, 4) is 5.75 Å². The number of aromatic nitrogens is 2. The molecule has 19 heavy (non-hydrogen) atoms. The first-order valence-electron chi connectivity index (χ1n) is 6.16. The summed E-state index contributed by atoms with van der Waals surface area (Å²) < 4.78 is 10.8. The molecule has 1 aliphatic heterocycles. The molecule has 0 amide bonds. The second-order valence-electron chi connectivity index (χ2n) is 4.46. The van der Waals surface area contributed by atoms with Crippen LogP contribution in [0.3, 0.4) is 0 Å². The quantitative estimate of drug-likeness (QED) is 0.918. The van der Waals surface area contributed by atoms with Gasteiger partial charge in [0.05, 0.1) is 5.92 Å². The Kier molecular flexibility index (Phi) is 3.70. The van der Waals surface area contributed by atoms with Crippen molar-refractivity contribution in [3.05, 3.63) is 42.0 Å². The summed E-state index contributed by atoms with van der Waals surface area (Å²) in [5.41, 5.74) is 6.01. The summed E-state index contributed by atoms with van der Waals surface area (Å²) in [5.74, 6) is 4.04. The third-order valence-electron chi connectivity index (χ3n) is 3.04. The van der Waals surface area contributed by atoms with Gasteiger partial charge in [0.15, 0.2) is 6.61 Å². The molecular formula is C13H15N3O2S. The Labute approximate surface area is 115 Å². The van der Waals surface area contributed by atoms with E-state index in [1.807, 2.05) is 42.1 Å². The molecule has 3 rings (SSSR count). The molecule has 0 spiro atoms. The number of hydrogen-bond acceptors (Lipinski definition) is 6. The minimum Gasteiger partial charge on any atom is -0.485 e. The van der Waals surface area contributed by atoms with Gasteiger partial charge in [-0.25, -0.2) is 0 Å². The molecule has 6 heteroatoms. The maximum Gasteiger partial charge on any atom is 0.232 e. The van der Waals surface area contributed by atoms with Crippen molar-refractivity contribution in [1.82, 2.24) is 10.1 Å². The van der Waals surface area contributed by atoms with Crippen molar-refractivity contribution in [1.29, 1.82) is 0 Å². The Balaban J connectivity index is 1.62. The van der Waals surface area contributed by atoms with Gasteiger partial charge in [-0.3, -0.25) is 0 Å². The molecule has 1 fully saturated rings. The fourth-order valence-corrected chi connectivity index (χ4v) is 3.25. The van der Waals surface area contributed by atoms with E-state index < -0.39 is 0 Å². The minimum atomic E-state index is 0.105. The molecule has 1 aromatic heterocycles. The lowest BCUT2D eigenvalue weighted by Gasteiger charge is -2.07. The Morgan fingerprint density at radius 2 is 2.16 bits per heavy atom. The molecule has 2 aromatic rings. The lowest BCUT2D eigenvalue weighted by Crippen LogP contribution is -2.26. The van der Waals surface area contributed by atoms with Crippen LogP contribution in [0.4, 0.5) is 0 Å². The summed E-state index contributed by atoms with van der Waals surface area (Å²) in [7, 11) is 0. The molecule has 1 aliphatic rings. The van der Waals surface area contributed by atoms with E-state index in [0.717, 1.165) is 17.3 Å². The van der Waals surface area contributed by atoms with Crippen molar-refractivity contribution in [2.24, 2.45) is 5.73 Å². The predicted octanol–water partition coefficient (Wildman–Crippen LogP) is 1.81. The third kappa shape index (κ3) is 2.90. The van der Waals surface area contributed by atoms with Gasteiger partial charge in [-0.2, -0.15) is 16.7 Å². The second-order valence-corrected chi connectivity index (χ2v) is 5.53. The Morgan fingerprint density at radius 3 is 2.89 bits per heavy atom. The maximum atomic E-state index is 6.01. The van der Waals surface area contributed by atoms with Gasteiger partial charge in [0.1, 0.15) is 5.75 Å². The van der Waals surface area contributed by atoms with Gasteiger partial charge in [0, 0.05) is 17.5 Å². The monoisotopic (exact) mass is 277 g/mol. The van der Waals surface area contributed by atoms with Crippen LogP contribution in [0.5, 0.6) is 5.75 Å². The molecule has 100 valence electrons. The lowest BCUT2D eigenvalue weighted by molar-refractivity contribution is 0.283. The van der Waals surface area contributed by atoms with Gasteiger partial charge in [-0.1, -0.05) is 23.4 Å². The summed E-state index contributed by atoms with van der Waals surface area (Å²) in [6.45, 7) is 0.308. The Bertz CT molecular complexity index is 532. The maximum absolute atomic E-state index is 6.01. The van der Waals surface area contributed by atoms with E-state index in [9.17, 15) is 0 Å². The summed E-state index contributed by atoms with van der Waals surface area (Å²) in [6, 6.07) is 9.68. The lowest BCUT2D eigenvalue weighted by atomic mass is 10.1. The molecule has 5 nitrogen and oxygen atoms in total. The van der Waals surface area contributed by atoms with Crippen molar-refractivity contribution >= 4 is 11.8 Å². The van der Waals surface area contributed by atoms with E-state index in [4.69, 9.17) is 15.0 Å². The van der Waals surface area contributed by atoms with Gasteiger partial charge in [0.2, 0.25) is 11.7 Å². The molecule has 0 bridgehead atoms. The summed E-state index contributed by atoms with van der Waals surface area (Å²) in [5, 5.41) is 3.93. The number of thioether (sulfide) groups is 1. The standard InChI is InChI=1S/C13H15N3O2S/c14-11-8-19-7-10(11)13-15-12(16-18-13)6-17-9-4-2-1-3-5-9/h1-5,10-11H,6-8,14H2. The topological polar surface area (TPSA) is 74.2 Å². The number of rotatable bonds is 4. The van der Waals surface area contributed by atoms with Gasteiger partial charge >= 0.3 is 0 Å². The highest BCUT2D eigenvalue weighted by molar-refractivity contribution is 7.99. The van der Waals surface area contributed by atoms with Crippen molar-refractivity contribution in [3.63, 3.8) is 0 Å². The number of hydrogen-bond donors (Lipinski definition) is 1. The van der Waals surface area contributed by atoms with Crippen LogP contribution >= 0.6 is 11.8 Å². The normalized spacial score (nSPS) is 22.6. The Morgan fingerprint density at radius 1 is 1.32 bits per heavy atom. The van der Waals surface area contributed by atoms with Crippen LogP contribution in [0.15, 0.2) is 34.9 Å². The van der Waals surface area contributed by atoms with E-state index in [1.54, 1.807) is 0 Å². The van der Waals surface area contributed by atoms with E-state index in [-0.39, 0.29) is 12.0 Å². The highest BCUT2D eigenvalue weighted by Crippen LogP contribution is 2.30. The molecule has 0 radical (unpaired) electrons. The number of nitrogens with two attached hydrogens (primary N) is 1. The predicted molar refractivity (Wildman–Crippen MR) is 73.1 cm³/mol. The number of benzene rings is 1. The molecule has 1 saturated heterocycles. The van der Waals surface area contributed by atoms with E-state index >= 15 is 0 Å². The molecule has 0 aliphatic carbocycles. The molecule has 2 unspecified atom stereocenters. The fourth-order valence-electron chi connectivity index (χ4n) is 1.97. The first-order chi connectivity index (χ1) is 9.33. The highest BCUT2D eigenvalue weighted by Gasteiger charge is 2.30. The van der Waals surface area contributed by atoms with Crippen LogP contribution in [0, 0.1) is 0 Å². The largest absolute Gasteiger partial charge is 0.485 e. The van der Waals surface area contributed by atoms with Gasteiger partial charge in [0.25, 0.3) is 0 Å². The van der Waals surface area contributed by atoms with Crippen LogP contribution in [0.2, 0.25) is 0 Å². The van der Waals surface area contributed by atoms with E-state index in [0.29, 0.717) is 18.3 Å². The minimum absolute atomic E-state index is 0.105. The van der Waals surface area contributed by atoms with Crippen molar-refractivity contribution in [2.45, 2.75) is 18.6 Å². The number of nitrogens with zero attached hydrogens (tertiary/aromatic N) is 2. The highest BCUT2D eigenvalue weighted by atomic mass is 32.2. The summed E-state index contributed by atoms with van der Waals surface area (Å²) in [6.07, 6.45) is 0. The van der Waals surface area contributed by atoms with E-state index in [1.165, 1.54) is 0 Å². The smallest absolute Gasteiger partial charge is 0.232 e. The molecule has 2 heterocycles. The third-order valence-corrected chi connectivity index (χ3v) is 4.25. The SMILES string of the molecule is NC1CSCC1c1nc(COc2ccccc2)no1. The zero-order valence-electron chi connectivity index (χ0n) is 10.4. The second kappa shape index (κ2) is 5.63. The summed E-state index contributed by atoms with van der Waals surface area (Å²) >= 11 is 1.82. The molecular weight excluding hydrogens is 262 g/mol. The van der Waals surface area contributed by atoms with Crippen LogP contribution in [0.1, 0.15) is 17.6 Å². The molecule has 2 N–H and O–H groups in total. The molecule has 2 atom stereocenters. The zero-order chi connectivity index (χ0) is 13.1. The van der Waals surface area contributed by atoms with Crippen molar-refractivity contribution in [2.75, 3.05) is 11.5 Å². The van der Waals surface area contributed by atoms with Gasteiger partial charge in [-0.15, -0.1) is 0 Å². The fraction of sp³-hybridized carbons (Fsp3) is 0.385. The average molecular weight is 277 g/mol. The zero-order valence-corrected chi connectivity index (χ0v) is 11.2. The van der Waals surface area contributed by atoms with Crippen LogP contribution < -0.4 is 10.5 Å². The molecule has 1 aromatic carbocycles. The van der Waals surface area contributed by atoms with Crippen LogP contribution in [-0.4, -0.2) is 27.7 Å². The first-order valence-corrected chi connectivity index (χ1v) is 7.32. The van der Waals surface area contributed by atoms with Crippen LogP contribution in [0.25, 0.3) is 0 Å². The van der Waals surface area contributed by atoms with E-state index in [2.05, 4.69) is 10.1 Å². The van der Waals surface area contributed by atoms with Gasteiger partial charge in [-0.05, 0) is 12.1 Å². The average Bonchev–Trinajstić information content (AvgIpc) is 3.06. The molecule has 0 saturated carbocycles.